The van der Waals surface area contributed by atoms with Crippen LogP contribution < -0.4 is 10.1 Å². The van der Waals surface area contributed by atoms with Crippen LogP contribution in [0.15, 0.2) is 48.5 Å². The third-order valence-corrected chi connectivity index (χ3v) is 4.19. The Hall–Kier alpha value is -2.53. The first kappa shape index (κ1) is 18.8. The number of halogens is 1. The highest BCUT2D eigenvalue weighted by Gasteiger charge is 2.27. The second-order valence-electron chi connectivity index (χ2n) is 5.72. The molecule has 0 radical (unpaired) electrons. The third kappa shape index (κ3) is 4.97. The molecule has 2 N–H and O–H groups in total. The van der Waals surface area contributed by atoms with Gasteiger partial charge < -0.3 is 15.2 Å². The minimum absolute atomic E-state index is 0.0411. The van der Waals surface area contributed by atoms with Crippen LogP contribution in [0.1, 0.15) is 24.1 Å². The number of carbonyl (C=O) groups is 2. The Morgan fingerprint density at radius 3 is 2.48 bits per heavy atom. The molecule has 0 spiro atoms. The van der Waals surface area contributed by atoms with Crippen LogP contribution in [0, 0.1) is 5.92 Å². The monoisotopic (exact) mass is 361 g/mol. The molecule has 2 aromatic carbocycles. The summed E-state index contributed by atoms with van der Waals surface area (Å²) in [5, 5.41) is 12.7. The number of carboxylic acid groups (broad SMARTS) is 1. The second kappa shape index (κ2) is 8.53. The quantitative estimate of drug-likeness (QED) is 0.791. The number of hydrogen-bond donors (Lipinski definition) is 2. The van der Waals surface area contributed by atoms with Crippen LogP contribution in [-0.4, -0.2) is 24.1 Å². The van der Waals surface area contributed by atoms with E-state index in [1.807, 2.05) is 18.2 Å². The van der Waals surface area contributed by atoms with Gasteiger partial charge in [-0.25, -0.2) is 0 Å². The molecule has 2 atom stereocenters. The van der Waals surface area contributed by atoms with Crippen molar-refractivity contribution in [3.05, 3.63) is 64.7 Å². The van der Waals surface area contributed by atoms with Crippen molar-refractivity contribution in [3.63, 3.8) is 0 Å². The molecule has 2 unspecified atom stereocenters. The summed E-state index contributed by atoms with van der Waals surface area (Å²) in [7, 11) is 1.52. The summed E-state index contributed by atoms with van der Waals surface area (Å²) in [6.45, 7) is 1.57. The summed E-state index contributed by atoms with van der Waals surface area (Å²) in [5.41, 5.74) is 1.38. The number of carboxylic acids is 1. The first-order chi connectivity index (χ1) is 11.9. The van der Waals surface area contributed by atoms with Crippen molar-refractivity contribution >= 4 is 23.5 Å². The van der Waals surface area contributed by atoms with Crippen LogP contribution in [0.3, 0.4) is 0 Å². The second-order valence-corrected chi connectivity index (χ2v) is 6.15. The lowest BCUT2D eigenvalue weighted by atomic mass is 9.94. The van der Waals surface area contributed by atoms with Gasteiger partial charge in [-0.05, 0) is 30.7 Å². The van der Waals surface area contributed by atoms with Crippen LogP contribution >= 0.6 is 11.6 Å². The van der Waals surface area contributed by atoms with Gasteiger partial charge in [0.05, 0.1) is 25.5 Å². The molecule has 5 nitrogen and oxygen atoms in total. The zero-order valence-corrected chi connectivity index (χ0v) is 14.8. The molecule has 1 amide bonds. The summed E-state index contributed by atoms with van der Waals surface area (Å²) >= 11 is 5.99. The van der Waals surface area contributed by atoms with E-state index in [1.165, 1.54) is 7.11 Å². The fraction of sp³-hybridized carbons (Fsp3) is 0.263. The largest absolute Gasteiger partial charge is 0.496 e. The van der Waals surface area contributed by atoms with Crippen molar-refractivity contribution in [1.29, 1.82) is 0 Å². The predicted molar refractivity (Wildman–Crippen MR) is 95.8 cm³/mol. The fourth-order valence-electron chi connectivity index (χ4n) is 2.58. The standard InChI is InChI=1S/C19H20ClNO4/c1-12(19(23)24)18(13-6-4-3-5-7-13)21-17(22)11-14-10-15(20)8-9-16(14)25-2/h3-10,12,18H,11H2,1-2H3,(H,21,22)(H,23,24). The highest BCUT2D eigenvalue weighted by atomic mass is 35.5. The van der Waals surface area contributed by atoms with Crippen LogP contribution in [0.5, 0.6) is 5.75 Å². The van der Waals surface area contributed by atoms with Gasteiger partial charge >= 0.3 is 5.97 Å². The van der Waals surface area contributed by atoms with Crippen molar-refractivity contribution in [2.75, 3.05) is 7.11 Å². The number of ether oxygens (including phenoxy) is 1. The molecule has 0 aliphatic carbocycles. The summed E-state index contributed by atoms with van der Waals surface area (Å²) in [6, 6.07) is 13.5. The van der Waals surface area contributed by atoms with Gasteiger partial charge in [0.1, 0.15) is 5.75 Å². The number of hydrogen-bond acceptors (Lipinski definition) is 3. The summed E-state index contributed by atoms with van der Waals surface area (Å²) in [5.74, 6) is -1.49. The lowest BCUT2D eigenvalue weighted by molar-refractivity contribution is -0.142. The Kier molecular flexibility index (Phi) is 6.42. The van der Waals surface area contributed by atoms with E-state index in [4.69, 9.17) is 16.3 Å². The first-order valence-electron chi connectivity index (χ1n) is 7.82. The van der Waals surface area contributed by atoms with E-state index in [1.54, 1.807) is 37.3 Å². The minimum atomic E-state index is -0.977. The number of amides is 1. The van der Waals surface area contributed by atoms with Crippen molar-refractivity contribution < 1.29 is 19.4 Å². The van der Waals surface area contributed by atoms with E-state index in [-0.39, 0.29) is 12.3 Å². The molecular weight excluding hydrogens is 342 g/mol. The molecule has 0 heterocycles. The molecule has 0 saturated carbocycles. The van der Waals surface area contributed by atoms with E-state index >= 15 is 0 Å². The zero-order chi connectivity index (χ0) is 18.4. The van der Waals surface area contributed by atoms with Gasteiger partial charge in [0.15, 0.2) is 0 Å². The smallest absolute Gasteiger partial charge is 0.308 e. The van der Waals surface area contributed by atoms with Crippen molar-refractivity contribution in [3.8, 4) is 5.75 Å². The summed E-state index contributed by atoms with van der Waals surface area (Å²) < 4.78 is 5.24. The lowest BCUT2D eigenvalue weighted by Gasteiger charge is -2.23. The number of rotatable bonds is 7. The minimum Gasteiger partial charge on any atom is -0.496 e. The molecule has 0 saturated heterocycles. The molecule has 0 fully saturated rings. The third-order valence-electron chi connectivity index (χ3n) is 3.96. The SMILES string of the molecule is COc1ccc(Cl)cc1CC(=O)NC(c1ccccc1)C(C)C(=O)O. The molecule has 2 aromatic rings. The maximum absolute atomic E-state index is 12.5. The first-order valence-corrected chi connectivity index (χ1v) is 8.19. The lowest BCUT2D eigenvalue weighted by Crippen LogP contribution is -2.36. The van der Waals surface area contributed by atoms with E-state index in [0.717, 1.165) is 5.56 Å². The number of nitrogens with one attached hydrogen (secondary N) is 1. The number of aliphatic carboxylic acids is 1. The summed E-state index contributed by atoms with van der Waals surface area (Å²) in [6.07, 6.45) is 0.0411. The zero-order valence-electron chi connectivity index (χ0n) is 14.0. The van der Waals surface area contributed by atoms with Crippen LogP contribution in [0.2, 0.25) is 5.02 Å². The van der Waals surface area contributed by atoms with Gasteiger partial charge in [-0.2, -0.15) is 0 Å². The van der Waals surface area contributed by atoms with Gasteiger partial charge in [0, 0.05) is 10.6 Å². The molecule has 2 rings (SSSR count). The van der Waals surface area contributed by atoms with E-state index < -0.39 is 17.9 Å². The fourth-order valence-corrected chi connectivity index (χ4v) is 2.78. The average molecular weight is 362 g/mol. The Morgan fingerprint density at radius 1 is 1.20 bits per heavy atom. The molecule has 6 heteroatoms. The van der Waals surface area contributed by atoms with Crippen LogP contribution in [0.4, 0.5) is 0 Å². The average Bonchev–Trinajstić information content (AvgIpc) is 2.60. The highest BCUT2D eigenvalue weighted by molar-refractivity contribution is 6.30. The van der Waals surface area contributed by atoms with Crippen LogP contribution in [-0.2, 0) is 16.0 Å². The number of methoxy groups -OCH3 is 1. The Morgan fingerprint density at radius 2 is 1.88 bits per heavy atom. The van der Waals surface area contributed by atoms with Gasteiger partial charge in [-0.3, -0.25) is 9.59 Å². The van der Waals surface area contributed by atoms with Gasteiger partial charge in [0.25, 0.3) is 0 Å². The van der Waals surface area contributed by atoms with E-state index in [0.29, 0.717) is 16.3 Å². The Balaban J connectivity index is 2.20. The van der Waals surface area contributed by atoms with Crippen molar-refractivity contribution in [1.82, 2.24) is 5.32 Å². The highest BCUT2D eigenvalue weighted by Crippen LogP contribution is 2.25. The number of benzene rings is 2. The summed E-state index contributed by atoms with van der Waals surface area (Å²) in [4.78, 5) is 23.9. The topological polar surface area (TPSA) is 75.6 Å². The van der Waals surface area contributed by atoms with E-state index in [2.05, 4.69) is 5.32 Å². The molecule has 0 aliphatic rings. The normalized spacial score (nSPS) is 12.9. The van der Waals surface area contributed by atoms with Crippen molar-refractivity contribution in [2.45, 2.75) is 19.4 Å². The molecule has 0 aromatic heterocycles. The molecule has 25 heavy (non-hydrogen) atoms. The maximum atomic E-state index is 12.5. The maximum Gasteiger partial charge on any atom is 0.308 e. The molecule has 132 valence electrons. The molecule has 0 bridgehead atoms. The van der Waals surface area contributed by atoms with Crippen molar-refractivity contribution in [2.24, 2.45) is 5.92 Å². The molecular formula is C19H20ClNO4. The Labute approximate surface area is 151 Å². The van der Waals surface area contributed by atoms with Gasteiger partial charge in [-0.1, -0.05) is 41.9 Å². The predicted octanol–water partition coefficient (Wildman–Crippen LogP) is 3.47. The van der Waals surface area contributed by atoms with Gasteiger partial charge in [-0.15, -0.1) is 0 Å². The van der Waals surface area contributed by atoms with Gasteiger partial charge in [0.2, 0.25) is 5.91 Å². The van der Waals surface area contributed by atoms with Crippen LogP contribution in [0.25, 0.3) is 0 Å². The number of carbonyl (C=O) groups excluding carboxylic acids is 1. The van der Waals surface area contributed by atoms with E-state index in [9.17, 15) is 14.7 Å². The Bertz CT molecular complexity index is 748. The molecule has 0 aliphatic heterocycles.